The number of hydrogen-bond acceptors (Lipinski definition) is 5. The number of likely N-dealkylation sites (N-methyl/N-ethyl adjacent to an activating group) is 1. The van der Waals surface area contributed by atoms with Crippen molar-refractivity contribution >= 4 is 13.7 Å². The molecule has 0 heterocycles. The minimum Gasteiger partial charge on any atom is -0.387 e. The van der Waals surface area contributed by atoms with Gasteiger partial charge in [-0.3, -0.25) is 13.8 Å². The van der Waals surface area contributed by atoms with Crippen LogP contribution in [-0.4, -0.2) is 73.4 Å². The summed E-state index contributed by atoms with van der Waals surface area (Å²) in [6.45, 7) is 4.71. The molecule has 0 aliphatic carbocycles. The van der Waals surface area contributed by atoms with Crippen LogP contribution in [0, 0.1) is 0 Å². The lowest BCUT2D eigenvalue weighted by Crippen LogP contribution is -2.45. The van der Waals surface area contributed by atoms with Crippen molar-refractivity contribution in [3.8, 4) is 0 Å². The quantitative estimate of drug-likeness (QED) is 0.0243. The largest absolute Gasteiger partial charge is 0.472 e. The molecule has 448 valence electrons. The Morgan fingerprint density at radius 3 is 1.14 bits per heavy atom. The van der Waals surface area contributed by atoms with Gasteiger partial charge in [0.15, 0.2) is 0 Å². The van der Waals surface area contributed by atoms with Crippen molar-refractivity contribution in [2.75, 3.05) is 40.9 Å². The summed E-state index contributed by atoms with van der Waals surface area (Å²) in [7, 11) is 1.56. The van der Waals surface area contributed by atoms with E-state index in [0.717, 1.165) is 89.9 Å². The molecule has 1 amide bonds. The molecule has 9 heteroatoms. The highest BCUT2D eigenvalue weighted by Gasteiger charge is 2.27. The Labute approximate surface area is 477 Å². The molecule has 0 spiro atoms. The van der Waals surface area contributed by atoms with Crippen LogP contribution in [0.25, 0.3) is 0 Å². The van der Waals surface area contributed by atoms with Gasteiger partial charge in [-0.25, -0.2) is 4.57 Å². The molecule has 3 N–H and O–H groups in total. The maximum atomic E-state index is 13.0. The zero-order chi connectivity index (χ0) is 56.3. The number of carbonyl (C=O) groups excluding carboxylic acids is 1. The van der Waals surface area contributed by atoms with Crippen LogP contribution in [0.4, 0.5) is 0 Å². The first-order valence-electron chi connectivity index (χ1n) is 32.5. The van der Waals surface area contributed by atoms with Crippen LogP contribution in [0.2, 0.25) is 0 Å². The van der Waals surface area contributed by atoms with E-state index in [4.69, 9.17) is 9.05 Å². The third-order valence-corrected chi connectivity index (χ3v) is 15.4. The molecule has 0 saturated carbocycles. The van der Waals surface area contributed by atoms with Gasteiger partial charge in [0.25, 0.3) is 0 Å². The van der Waals surface area contributed by atoms with Gasteiger partial charge in [0.1, 0.15) is 13.2 Å². The average Bonchev–Trinajstić information content (AvgIpc) is 3.39. The Morgan fingerprint density at radius 2 is 0.779 bits per heavy atom. The third kappa shape index (κ3) is 61.2. The van der Waals surface area contributed by atoms with Gasteiger partial charge in [-0.1, -0.05) is 298 Å². The number of phosphoric ester groups is 1. The number of hydrogen-bond donors (Lipinski definition) is 3. The van der Waals surface area contributed by atoms with Crippen LogP contribution in [0.15, 0.2) is 85.1 Å². The van der Waals surface area contributed by atoms with Gasteiger partial charge < -0.3 is 19.8 Å². The van der Waals surface area contributed by atoms with Crippen molar-refractivity contribution in [1.29, 1.82) is 0 Å². The third-order valence-electron chi connectivity index (χ3n) is 14.4. The second-order valence-corrected chi connectivity index (χ2v) is 24.6. The van der Waals surface area contributed by atoms with Gasteiger partial charge in [-0.05, 0) is 70.6 Å². The van der Waals surface area contributed by atoms with E-state index < -0.39 is 20.0 Å². The molecule has 8 nitrogen and oxygen atoms in total. The molecule has 0 rings (SSSR count). The molecule has 0 aliphatic rings. The molecular formula is C68H126N2O6P+. The number of amides is 1. The molecule has 0 aromatic heterocycles. The summed E-state index contributed by atoms with van der Waals surface area (Å²) in [6.07, 6.45) is 82.8. The summed E-state index contributed by atoms with van der Waals surface area (Å²) >= 11 is 0. The fraction of sp³-hybridized carbons (Fsp3) is 0.779. The van der Waals surface area contributed by atoms with Crippen LogP contribution >= 0.6 is 7.82 Å². The van der Waals surface area contributed by atoms with E-state index in [2.05, 4.69) is 92.1 Å². The first kappa shape index (κ1) is 74.7. The number of quaternary nitrogens is 1. The Bertz CT molecular complexity index is 1530. The average molecular weight is 1100 g/mol. The maximum absolute atomic E-state index is 13.0. The highest BCUT2D eigenvalue weighted by molar-refractivity contribution is 7.47. The highest BCUT2D eigenvalue weighted by atomic mass is 31.2. The summed E-state index contributed by atoms with van der Waals surface area (Å²) in [5.74, 6) is -0.192. The van der Waals surface area contributed by atoms with E-state index in [-0.39, 0.29) is 19.1 Å². The van der Waals surface area contributed by atoms with Crippen LogP contribution < -0.4 is 5.32 Å². The standard InChI is InChI=1S/C68H125N2O6P/c1-6-8-10-12-14-16-18-20-22-24-26-28-30-32-33-34-35-36-38-39-41-43-45-47-49-51-53-55-57-59-61-67(71)66(65-76-77(73,74)75-64-63-70(3,4)5)69-68(72)62-60-58-56-54-52-50-48-46-44-42-40-37-31-29-27-25-23-21-19-17-15-13-11-9-7-2/h9,11,15,17,21,23,27,29,37,40,44,46,59,61,66-67,71H,6-8,10,12-14,16,18-20,22,24-26,28,30-36,38-39,41-43,45,47-58,60,62-65H2,1-5H3,(H-,69,72,73,74)/p+1/b11-9-,17-15-,23-21-,29-27-,40-37-,46-44-,61-59+. The number of carbonyl (C=O) groups is 1. The first-order valence-corrected chi connectivity index (χ1v) is 34.0. The van der Waals surface area contributed by atoms with E-state index in [1.54, 1.807) is 6.08 Å². The molecule has 0 fully saturated rings. The van der Waals surface area contributed by atoms with Crippen molar-refractivity contribution < 1.29 is 32.9 Å². The van der Waals surface area contributed by atoms with Gasteiger partial charge in [0.2, 0.25) is 5.91 Å². The lowest BCUT2D eigenvalue weighted by molar-refractivity contribution is -0.870. The number of nitrogens with one attached hydrogen (secondary N) is 1. The fourth-order valence-corrected chi connectivity index (χ4v) is 10.1. The predicted octanol–water partition coefficient (Wildman–Crippen LogP) is 20.4. The number of unbranched alkanes of at least 4 members (excludes halogenated alkanes) is 34. The lowest BCUT2D eigenvalue weighted by Gasteiger charge is -2.25. The normalized spacial score (nSPS) is 14.3. The SMILES string of the molecule is CC/C=C\C/C=C\C/C=C\C/C=C\C/C=C\C/C=C\CCCCCCCCC(=O)NC(COP(=O)(O)OCC[N+](C)(C)C)C(O)/C=C/CCCCCCCCCCCCCCCCCCCCCCCCCCCCCC. The topological polar surface area (TPSA) is 105 Å². The first-order chi connectivity index (χ1) is 37.5. The second-order valence-electron chi connectivity index (χ2n) is 23.1. The highest BCUT2D eigenvalue weighted by Crippen LogP contribution is 2.43. The van der Waals surface area contributed by atoms with Crippen molar-refractivity contribution in [2.24, 2.45) is 0 Å². The number of phosphoric acid groups is 1. The van der Waals surface area contributed by atoms with Gasteiger partial charge in [0, 0.05) is 6.42 Å². The van der Waals surface area contributed by atoms with E-state index in [9.17, 15) is 19.4 Å². The van der Waals surface area contributed by atoms with Gasteiger partial charge >= 0.3 is 7.82 Å². The smallest absolute Gasteiger partial charge is 0.387 e. The number of nitrogens with zero attached hydrogens (tertiary/aromatic N) is 1. The van der Waals surface area contributed by atoms with Gasteiger partial charge in [-0.15, -0.1) is 0 Å². The Hall–Kier alpha value is -2.32. The summed E-state index contributed by atoms with van der Waals surface area (Å²) in [5, 5.41) is 14.0. The van der Waals surface area contributed by atoms with Gasteiger partial charge in [-0.2, -0.15) is 0 Å². The summed E-state index contributed by atoms with van der Waals surface area (Å²) in [4.78, 5) is 23.4. The molecule has 0 aromatic rings. The molecule has 0 radical (unpaired) electrons. The van der Waals surface area contributed by atoms with Crippen LogP contribution in [0.3, 0.4) is 0 Å². The molecule has 0 aliphatic heterocycles. The summed E-state index contributed by atoms with van der Waals surface area (Å²) < 4.78 is 23.8. The Balaban J connectivity index is 4.17. The van der Waals surface area contributed by atoms with Crippen LogP contribution in [0.5, 0.6) is 0 Å². The molecule has 0 aromatic carbocycles. The monoisotopic (exact) mass is 1100 g/mol. The Morgan fingerprint density at radius 1 is 0.455 bits per heavy atom. The summed E-state index contributed by atoms with van der Waals surface area (Å²) in [6, 6.07) is -0.862. The van der Waals surface area contributed by atoms with E-state index in [1.165, 1.54) is 180 Å². The van der Waals surface area contributed by atoms with Crippen molar-refractivity contribution in [2.45, 2.75) is 302 Å². The minimum atomic E-state index is -4.36. The Kier molecular flexibility index (Phi) is 56.6. The molecule has 3 unspecified atom stereocenters. The van der Waals surface area contributed by atoms with Gasteiger partial charge in [0.05, 0.1) is 39.9 Å². The maximum Gasteiger partial charge on any atom is 0.472 e. The molecule has 0 saturated heterocycles. The number of allylic oxidation sites excluding steroid dienone is 13. The summed E-state index contributed by atoms with van der Waals surface area (Å²) in [5.41, 5.74) is 0. The molecule has 3 atom stereocenters. The number of aliphatic hydroxyl groups excluding tert-OH is 1. The van der Waals surface area contributed by atoms with Crippen molar-refractivity contribution in [3.63, 3.8) is 0 Å². The van der Waals surface area contributed by atoms with Crippen LogP contribution in [-0.2, 0) is 18.4 Å². The van der Waals surface area contributed by atoms with Crippen LogP contribution in [0.1, 0.15) is 290 Å². The lowest BCUT2D eigenvalue weighted by atomic mass is 10.0. The van der Waals surface area contributed by atoms with E-state index in [0.29, 0.717) is 17.4 Å². The zero-order valence-electron chi connectivity index (χ0n) is 51.2. The molecule has 77 heavy (non-hydrogen) atoms. The fourth-order valence-electron chi connectivity index (χ4n) is 9.34. The predicted molar refractivity (Wildman–Crippen MR) is 336 cm³/mol. The van der Waals surface area contributed by atoms with E-state index in [1.807, 2.05) is 27.2 Å². The minimum absolute atomic E-state index is 0.0545. The van der Waals surface area contributed by atoms with Crippen molar-refractivity contribution in [1.82, 2.24) is 5.32 Å². The second kappa shape index (κ2) is 58.3. The number of aliphatic hydroxyl groups is 1. The number of rotatable bonds is 59. The van der Waals surface area contributed by atoms with E-state index >= 15 is 0 Å². The molecular weight excluding hydrogens is 972 g/mol. The van der Waals surface area contributed by atoms with Crippen molar-refractivity contribution in [3.05, 3.63) is 85.1 Å². The zero-order valence-corrected chi connectivity index (χ0v) is 52.1. The molecule has 0 bridgehead atoms.